The van der Waals surface area contributed by atoms with E-state index in [9.17, 15) is 5.11 Å². The molecule has 0 spiro atoms. The summed E-state index contributed by atoms with van der Waals surface area (Å²) in [6.45, 7) is 10.3. The second-order valence-electron chi connectivity index (χ2n) is 5.92. The maximum absolute atomic E-state index is 10.2. The van der Waals surface area contributed by atoms with Gasteiger partial charge >= 0.3 is 0 Å². The lowest BCUT2D eigenvalue weighted by atomic mass is 10.1. The summed E-state index contributed by atoms with van der Waals surface area (Å²) in [7, 11) is 0. The first-order valence-corrected chi connectivity index (χ1v) is 8.88. The van der Waals surface area contributed by atoms with Crippen molar-refractivity contribution in [3.05, 3.63) is 39.3 Å². The van der Waals surface area contributed by atoms with Gasteiger partial charge in [-0.05, 0) is 45.1 Å². The summed E-state index contributed by atoms with van der Waals surface area (Å²) in [4.78, 5) is 1.04. The molecule has 5 heteroatoms. The third-order valence-electron chi connectivity index (χ3n) is 4.04. The Labute approximate surface area is 137 Å². The van der Waals surface area contributed by atoms with E-state index in [1.54, 1.807) is 11.3 Å². The Kier molecular flexibility index (Phi) is 6.17. The lowest BCUT2D eigenvalue weighted by Gasteiger charge is -2.17. The number of aliphatic hydroxyl groups is 1. The molecule has 0 saturated carbocycles. The standard InChI is InChI=1S/C17H27N3OS/c1-5-8-20-14(4)15(13(3)19-20)11-18-12(2)10-16(21)17-7-6-9-22-17/h6-7,9,12,16,18,21H,5,8,10-11H2,1-4H3. The summed E-state index contributed by atoms with van der Waals surface area (Å²) in [6.07, 6.45) is 1.44. The van der Waals surface area contributed by atoms with Crippen LogP contribution in [0.4, 0.5) is 0 Å². The van der Waals surface area contributed by atoms with Gasteiger partial charge in [0.25, 0.3) is 0 Å². The monoisotopic (exact) mass is 321 g/mol. The Bertz CT molecular complexity index is 577. The molecule has 0 radical (unpaired) electrons. The van der Waals surface area contributed by atoms with E-state index < -0.39 is 0 Å². The zero-order chi connectivity index (χ0) is 16.1. The van der Waals surface area contributed by atoms with E-state index in [-0.39, 0.29) is 12.1 Å². The highest BCUT2D eigenvalue weighted by Crippen LogP contribution is 2.23. The molecule has 22 heavy (non-hydrogen) atoms. The Balaban J connectivity index is 1.89. The van der Waals surface area contributed by atoms with Crippen molar-refractivity contribution in [2.24, 2.45) is 0 Å². The molecule has 0 aliphatic rings. The Morgan fingerprint density at radius 2 is 2.18 bits per heavy atom. The van der Waals surface area contributed by atoms with Crippen molar-refractivity contribution in [1.82, 2.24) is 15.1 Å². The maximum atomic E-state index is 10.2. The number of aliphatic hydroxyl groups excluding tert-OH is 1. The number of hydrogen-bond acceptors (Lipinski definition) is 4. The van der Waals surface area contributed by atoms with Gasteiger partial charge in [-0.3, -0.25) is 4.68 Å². The van der Waals surface area contributed by atoms with Crippen molar-refractivity contribution >= 4 is 11.3 Å². The van der Waals surface area contributed by atoms with Crippen molar-refractivity contribution in [3.8, 4) is 0 Å². The first-order valence-electron chi connectivity index (χ1n) is 8.00. The maximum Gasteiger partial charge on any atom is 0.0896 e. The van der Waals surface area contributed by atoms with E-state index in [2.05, 4.69) is 42.8 Å². The van der Waals surface area contributed by atoms with Gasteiger partial charge in [0.1, 0.15) is 0 Å². The quantitative estimate of drug-likeness (QED) is 0.781. The third kappa shape index (κ3) is 4.18. The van der Waals surface area contributed by atoms with E-state index in [1.165, 1.54) is 11.3 Å². The lowest BCUT2D eigenvalue weighted by molar-refractivity contribution is 0.157. The highest BCUT2D eigenvalue weighted by molar-refractivity contribution is 7.10. The average Bonchev–Trinajstić information content (AvgIpc) is 3.08. The zero-order valence-electron chi connectivity index (χ0n) is 14.0. The van der Waals surface area contributed by atoms with Crippen LogP contribution in [0.3, 0.4) is 0 Å². The van der Waals surface area contributed by atoms with Crippen LogP contribution in [0.5, 0.6) is 0 Å². The van der Waals surface area contributed by atoms with Crippen molar-refractivity contribution < 1.29 is 5.11 Å². The minimum Gasteiger partial charge on any atom is -0.388 e. The van der Waals surface area contributed by atoms with Crippen LogP contribution in [-0.4, -0.2) is 20.9 Å². The van der Waals surface area contributed by atoms with Crippen molar-refractivity contribution in [1.29, 1.82) is 0 Å². The molecule has 2 N–H and O–H groups in total. The average molecular weight is 321 g/mol. The van der Waals surface area contributed by atoms with Crippen molar-refractivity contribution in [2.45, 2.75) is 65.8 Å². The molecule has 0 fully saturated rings. The Morgan fingerprint density at radius 1 is 1.41 bits per heavy atom. The van der Waals surface area contributed by atoms with Crippen LogP contribution in [0.1, 0.15) is 54.6 Å². The second kappa shape index (κ2) is 7.90. The Morgan fingerprint density at radius 3 is 2.82 bits per heavy atom. The fourth-order valence-electron chi connectivity index (χ4n) is 2.71. The zero-order valence-corrected chi connectivity index (χ0v) is 14.8. The van der Waals surface area contributed by atoms with Gasteiger partial charge in [-0.25, -0.2) is 0 Å². The molecule has 2 aromatic heterocycles. The molecule has 0 aliphatic carbocycles. The van der Waals surface area contributed by atoms with Crippen molar-refractivity contribution in [2.75, 3.05) is 0 Å². The highest BCUT2D eigenvalue weighted by atomic mass is 32.1. The summed E-state index contributed by atoms with van der Waals surface area (Å²) >= 11 is 1.61. The molecule has 122 valence electrons. The summed E-state index contributed by atoms with van der Waals surface area (Å²) < 4.78 is 2.09. The minimum absolute atomic E-state index is 0.255. The molecule has 2 aromatic rings. The van der Waals surface area contributed by atoms with E-state index in [0.29, 0.717) is 0 Å². The largest absolute Gasteiger partial charge is 0.388 e. The molecule has 0 aliphatic heterocycles. The van der Waals surface area contributed by atoms with Crippen LogP contribution in [-0.2, 0) is 13.1 Å². The van der Waals surface area contributed by atoms with Crippen LogP contribution in [0.15, 0.2) is 17.5 Å². The summed E-state index contributed by atoms with van der Waals surface area (Å²) in [6, 6.07) is 4.23. The molecule has 0 saturated heterocycles. The van der Waals surface area contributed by atoms with Gasteiger partial charge in [0.05, 0.1) is 11.8 Å². The molecule has 4 nitrogen and oxygen atoms in total. The van der Waals surface area contributed by atoms with Crippen molar-refractivity contribution in [3.63, 3.8) is 0 Å². The molecule has 2 atom stereocenters. The van der Waals surface area contributed by atoms with Gasteiger partial charge < -0.3 is 10.4 Å². The summed E-state index contributed by atoms with van der Waals surface area (Å²) in [5, 5.41) is 20.3. The molecule has 2 rings (SSSR count). The van der Waals surface area contributed by atoms with Gasteiger partial charge in [0.15, 0.2) is 0 Å². The van der Waals surface area contributed by atoms with E-state index >= 15 is 0 Å². The van der Waals surface area contributed by atoms with Crippen LogP contribution < -0.4 is 5.32 Å². The molecule has 2 unspecified atom stereocenters. The van der Waals surface area contributed by atoms with Gasteiger partial charge in [-0.15, -0.1) is 11.3 Å². The summed E-state index contributed by atoms with van der Waals surface area (Å²) in [5.74, 6) is 0. The number of aryl methyl sites for hydroxylation is 2. The highest BCUT2D eigenvalue weighted by Gasteiger charge is 2.15. The van der Waals surface area contributed by atoms with Gasteiger partial charge in [0.2, 0.25) is 0 Å². The topological polar surface area (TPSA) is 50.1 Å². The fraction of sp³-hybridized carbons (Fsp3) is 0.588. The SMILES string of the molecule is CCCn1nc(C)c(CNC(C)CC(O)c2cccs2)c1C. The third-order valence-corrected chi connectivity index (χ3v) is 5.02. The van der Waals surface area contributed by atoms with Crippen LogP contribution in [0.2, 0.25) is 0 Å². The molecule has 2 heterocycles. The minimum atomic E-state index is -0.382. The summed E-state index contributed by atoms with van der Waals surface area (Å²) in [5.41, 5.74) is 3.63. The fourth-order valence-corrected chi connectivity index (χ4v) is 3.44. The molecular formula is C17H27N3OS. The predicted octanol–water partition coefficient (Wildman–Crippen LogP) is 3.57. The predicted molar refractivity (Wildman–Crippen MR) is 92.2 cm³/mol. The second-order valence-corrected chi connectivity index (χ2v) is 6.90. The van der Waals surface area contributed by atoms with Gasteiger partial charge in [-0.1, -0.05) is 13.0 Å². The first-order chi connectivity index (χ1) is 10.5. The molecule has 0 bridgehead atoms. The molecular weight excluding hydrogens is 294 g/mol. The van der Waals surface area contributed by atoms with Crippen LogP contribution in [0.25, 0.3) is 0 Å². The van der Waals surface area contributed by atoms with Crippen LogP contribution >= 0.6 is 11.3 Å². The van der Waals surface area contributed by atoms with Crippen LogP contribution in [0, 0.1) is 13.8 Å². The number of nitrogens with zero attached hydrogens (tertiary/aromatic N) is 2. The van der Waals surface area contributed by atoms with E-state index in [1.807, 2.05) is 17.5 Å². The number of nitrogens with one attached hydrogen (secondary N) is 1. The van der Waals surface area contributed by atoms with E-state index in [4.69, 9.17) is 0 Å². The van der Waals surface area contributed by atoms with E-state index in [0.717, 1.165) is 36.5 Å². The lowest BCUT2D eigenvalue weighted by Crippen LogP contribution is -2.27. The van der Waals surface area contributed by atoms with Gasteiger partial charge in [-0.2, -0.15) is 5.10 Å². The smallest absolute Gasteiger partial charge is 0.0896 e. The first kappa shape index (κ1) is 17.2. The molecule has 0 aromatic carbocycles. The number of aromatic nitrogens is 2. The Hall–Kier alpha value is -1.17. The number of hydrogen-bond donors (Lipinski definition) is 2. The number of thiophene rings is 1. The van der Waals surface area contributed by atoms with Gasteiger partial charge in [0, 0.05) is 35.3 Å². The number of rotatable bonds is 8. The normalized spacial score (nSPS) is 14.2. The molecule has 0 amide bonds.